The van der Waals surface area contributed by atoms with Gasteiger partial charge in [0.05, 0.1) is 9.82 Å². The van der Waals surface area contributed by atoms with E-state index in [2.05, 4.69) is 6.92 Å². The molecule has 0 unspecified atom stereocenters. The van der Waals surface area contributed by atoms with Gasteiger partial charge < -0.3 is 4.90 Å². The zero-order chi connectivity index (χ0) is 23.3. The van der Waals surface area contributed by atoms with E-state index in [1.54, 1.807) is 4.90 Å². The van der Waals surface area contributed by atoms with E-state index in [1.165, 1.54) is 16.4 Å². The molecule has 0 spiro atoms. The van der Waals surface area contributed by atoms with Crippen molar-refractivity contribution in [3.8, 4) is 0 Å². The Balaban J connectivity index is 1.73. The van der Waals surface area contributed by atoms with Gasteiger partial charge in [-0.3, -0.25) is 14.9 Å². The molecule has 0 radical (unpaired) electrons. The number of nitrogens with zero attached hydrogens (tertiary/aromatic N) is 3. The molecule has 1 aliphatic rings. The molecule has 3 rings (SSSR count). The molecule has 2 aromatic carbocycles. The maximum atomic E-state index is 13.3. The van der Waals surface area contributed by atoms with E-state index in [1.807, 2.05) is 30.3 Å². The molecule has 1 fully saturated rings. The quantitative estimate of drug-likeness (QED) is 0.410. The van der Waals surface area contributed by atoms with Crippen LogP contribution in [0.4, 0.5) is 11.4 Å². The van der Waals surface area contributed by atoms with Crippen LogP contribution in [0.3, 0.4) is 0 Å². The van der Waals surface area contributed by atoms with E-state index in [4.69, 9.17) is 11.6 Å². The topological polar surface area (TPSA) is 101 Å². The maximum Gasteiger partial charge on any atom is 0.289 e. The lowest BCUT2D eigenvalue weighted by molar-refractivity contribution is -0.384. The monoisotopic (exact) mass is 479 g/mol. The van der Waals surface area contributed by atoms with Gasteiger partial charge in [-0.1, -0.05) is 43.1 Å². The fraction of sp³-hybridized carbons (Fsp3) is 0.409. The number of halogens is 1. The van der Waals surface area contributed by atoms with Gasteiger partial charge in [0.15, 0.2) is 0 Å². The molecule has 0 saturated carbocycles. The number of para-hydroxylation sites is 1. The summed E-state index contributed by atoms with van der Waals surface area (Å²) < 4.78 is 27.3. The molecule has 0 N–H and O–H groups in total. The highest BCUT2D eigenvalue weighted by Gasteiger charge is 2.35. The lowest BCUT2D eigenvalue weighted by atomic mass is 9.96. The van der Waals surface area contributed by atoms with Crippen LogP contribution in [-0.4, -0.2) is 43.2 Å². The van der Waals surface area contributed by atoms with Crippen LogP contribution < -0.4 is 4.90 Å². The number of sulfonamides is 1. The van der Waals surface area contributed by atoms with Crippen molar-refractivity contribution in [2.45, 2.75) is 37.5 Å². The first-order chi connectivity index (χ1) is 15.3. The number of hydrogen-bond donors (Lipinski definition) is 0. The highest BCUT2D eigenvalue weighted by atomic mass is 35.5. The number of nitro benzene ring substituents is 1. The van der Waals surface area contributed by atoms with Crippen LogP contribution in [0.1, 0.15) is 32.6 Å². The van der Waals surface area contributed by atoms with E-state index in [0.717, 1.165) is 24.6 Å². The summed E-state index contributed by atoms with van der Waals surface area (Å²) in [7, 11) is -3.93. The summed E-state index contributed by atoms with van der Waals surface area (Å²) in [6.07, 6.45) is 2.62. The highest BCUT2D eigenvalue weighted by molar-refractivity contribution is 7.89. The van der Waals surface area contributed by atoms with Crippen molar-refractivity contribution in [3.63, 3.8) is 0 Å². The number of anilines is 1. The normalized spacial score (nSPS) is 15.4. The maximum absolute atomic E-state index is 13.3. The minimum absolute atomic E-state index is 0.00355. The number of carbonyl (C=O) groups is 1. The van der Waals surface area contributed by atoms with Crippen molar-refractivity contribution >= 4 is 38.9 Å². The van der Waals surface area contributed by atoms with E-state index in [-0.39, 0.29) is 34.8 Å². The lowest BCUT2D eigenvalue weighted by Gasteiger charge is -2.33. The van der Waals surface area contributed by atoms with Crippen molar-refractivity contribution in [1.29, 1.82) is 0 Å². The summed E-state index contributed by atoms with van der Waals surface area (Å²) in [5.74, 6) is -0.276. The van der Waals surface area contributed by atoms with Crippen LogP contribution in [0.5, 0.6) is 0 Å². The number of amides is 1. The molecule has 8 nitrogen and oxygen atoms in total. The zero-order valence-corrected chi connectivity index (χ0v) is 19.4. The molecule has 1 aliphatic heterocycles. The second-order valence-electron chi connectivity index (χ2n) is 7.73. The summed E-state index contributed by atoms with van der Waals surface area (Å²) in [6.45, 7) is 3.03. The number of rotatable bonds is 8. The smallest absolute Gasteiger partial charge is 0.289 e. The predicted octanol–water partition coefficient (Wildman–Crippen LogP) is 4.48. The number of unbranched alkanes of at least 4 members (excludes halogenated alkanes) is 1. The van der Waals surface area contributed by atoms with Crippen molar-refractivity contribution in [1.82, 2.24) is 4.31 Å². The number of hydrogen-bond acceptors (Lipinski definition) is 5. The van der Waals surface area contributed by atoms with Gasteiger partial charge in [-0.25, -0.2) is 8.42 Å². The van der Waals surface area contributed by atoms with Gasteiger partial charge >= 0.3 is 0 Å². The van der Waals surface area contributed by atoms with Gasteiger partial charge in [0, 0.05) is 37.3 Å². The third kappa shape index (κ3) is 5.28. The Labute approximate surface area is 193 Å². The molecular weight excluding hydrogens is 454 g/mol. The van der Waals surface area contributed by atoms with Crippen LogP contribution in [0.2, 0.25) is 5.02 Å². The molecule has 0 bridgehead atoms. The summed E-state index contributed by atoms with van der Waals surface area (Å²) in [5, 5.41) is 11.0. The molecular formula is C22H26ClN3O5S. The van der Waals surface area contributed by atoms with Crippen LogP contribution in [-0.2, 0) is 14.8 Å². The Bertz CT molecular complexity index is 1070. The minimum Gasteiger partial charge on any atom is -0.312 e. The van der Waals surface area contributed by atoms with Crippen molar-refractivity contribution in [2.75, 3.05) is 24.5 Å². The SMILES string of the molecule is CCCCN(C(=O)C1CCN(S(=O)(=O)c2ccc(Cl)c([N+](=O)[O-])c2)CC1)c1ccccc1. The van der Waals surface area contributed by atoms with Crippen LogP contribution >= 0.6 is 11.6 Å². The zero-order valence-electron chi connectivity index (χ0n) is 17.8. The van der Waals surface area contributed by atoms with Crippen LogP contribution in [0.15, 0.2) is 53.4 Å². The lowest BCUT2D eigenvalue weighted by Crippen LogP contribution is -2.44. The summed E-state index contributed by atoms with van der Waals surface area (Å²) in [6, 6.07) is 13.0. The van der Waals surface area contributed by atoms with Crippen molar-refractivity contribution < 1.29 is 18.1 Å². The van der Waals surface area contributed by atoms with Gasteiger partial charge in [0.1, 0.15) is 5.02 Å². The summed E-state index contributed by atoms with van der Waals surface area (Å²) in [4.78, 5) is 25.3. The first-order valence-corrected chi connectivity index (χ1v) is 12.4. The van der Waals surface area contributed by atoms with E-state index in [0.29, 0.717) is 19.4 Å². The second-order valence-corrected chi connectivity index (χ2v) is 10.1. The molecule has 1 amide bonds. The third-order valence-electron chi connectivity index (χ3n) is 5.62. The second kappa shape index (κ2) is 10.4. The molecule has 10 heteroatoms. The summed E-state index contributed by atoms with van der Waals surface area (Å²) >= 11 is 5.81. The Hall–Kier alpha value is -2.49. The van der Waals surface area contributed by atoms with Gasteiger partial charge in [-0.05, 0) is 43.5 Å². The number of carbonyl (C=O) groups excluding carboxylic acids is 1. The summed E-state index contributed by atoms with van der Waals surface area (Å²) in [5.41, 5.74) is 0.390. The number of benzene rings is 2. The average Bonchev–Trinajstić information content (AvgIpc) is 2.80. The Morgan fingerprint density at radius 1 is 1.19 bits per heavy atom. The van der Waals surface area contributed by atoms with Gasteiger partial charge in [-0.2, -0.15) is 4.31 Å². The Morgan fingerprint density at radius 2 is 1.84 bits per heavy atom. The van der Waals surface area contributed by atoms with Gasteiger partial charge in [0.25, 0.3) is 5.69 Å². The molecule has 32 heavy (non-hydrogen) atoms. The number of piperidine rings is 1. The first kappa shape index (κ1) is 24.2. The molecule has 0 aromatic heterocycles. The Morgan fingerprint density at radius 3 is 2.44 bits per heavy atom. The highest BCUT2D eigenvalue weighted by Crippen LogP contribution is 2.31. The number of nitro groups is 1. The molecule has 0 aliphatic carbocycles. The van der Waals surface area contributed by atoms with Crippen LogP contribution in [0, 0.1) is 16.0 Å². The first-order valence-electron chi connectivity index (χ1n) is 10.6. The molecule has 2 aromatic rings. The third-order valence-corrected chi connectivity index (χ3v) is 7.84. The largest absolute Gasteiger partial charge is 0.312 e. The predicted molar refractivity (Wildman–Crippen MR) is 123 cm³/mol. The molecule has 1 heterocycles. The van der Waals surface area contributed by atoms with Crippen molar-refractivity contribution in [2.24, 2.45) is 5.92 Å². The van der Waals surface area contributed by atoms with E-state index >= 15 is 0 Å². The molecule has 0 atom stereocenters. The Kier molecular flexibility index (Phi) is 7.86. The van der Waals surface area contributed by atoms with Gasteiger partial charge in [0.2, 0.25) is 15.9 Å². The fourth-order valence-electron chi connectivity index (χ4n) is 3.80. The minimum atomic E-state index is -3.93. The fourth-order valence-corrected chi connectivity index (χ4v) is 5.47. The van der Waals surface area contributed by atoms with Crippen LogP contribution in [0.25, 0.3) is 0 Å². The average molecular weight is 480 g/mol. The van der Waals surface area contributed by atoms with Gasteiger partial charge in [-0.15, -0.1) is 0 Å². The molecule has 1 saturated heterocycles. The standard InChI is InChI=1S/C22H26ClN3O5S/c1-2-3-13-25(18-7-5-4-6-8-18)22(27)17-11-14-24(15-12-17)32(30,31)19-9-10-20(23)21(16-19)26(28)29/h4-10,16-17H,2-3,11-15H2,1H3. The van der Waals surface area contributed by atoms with E-state index < -0.39 is 20.6 Å². The molecule has 172 valence electrons. The van der Waals surface area contributed by atoms with Crippen molar-refractivity contribution in [3.05, 3.63) is 63.7 Å². The van der Waals surface area contributed by atoms with E-state index in [9.17, 15) is 23.3 Å².